The number of rotatable bonds is 7. The summed E-state index contributed by atoms with van der Waals surface area (Å²) in [5.74, 6) is 4.77. The van der Waals surface area contributed by atoms with Crippen LogP contribution >= 0.6 is 0 Å². The van der Waals surface area contributed by atoms with E-state index in [9.17, 15) is 4.79 Å². The van der Waals surface area contributed by atoms with Gasteiger partial charge in [-0.3, -0.25) is 4.79 Å². The third-order valence-corrected chi connectivity index (χ3v) is 13.7. The number of unbranched alkanes of at least 4 members (excludes halogenated alkanes) is 4. The number of hydrogen-bond acceptors (Lipinski definition) is 4. The molecule has 4 heteroatoms. The Morgan fingerprint density at radius 1 is 0.872 bits per heavy atom. The van der Waals surface area contributed by atoms with Crippen LogP contribution in [0.2, 0.25) is 0 Å². The molecule has 4 aliphatic carbocycles. The van der Waals surface area contributed by atoms with Crippen molar-refractivity contribution in [2.45, 2.75) is 155 Å². The van der Waals surface area contributed by atoms with Crippen LogP contribution in [0, 0.1) is 52.3 Å². The van der Waals surface area contributed by atoms with Crippen molar-refractivity contribution in [3.63, 3.8) is 0 Å². The number of carbonyl (C=O) groups is 1. The molecule has 0 aromatic carbocycles. The quantitative estimate of drug-likeness (QED) is 0.238. The molecule has 0 radical (unpaired) electrons. The van der Waals surface area contributed by atoms with Gasteiger partial charge in [-0.2, -0.15) is 0 Å². The van der Waals surface area contributed by atoms with Gasteiger partial charge in [0.15, 0.2) is 5.79 Å². The fourth-order valence-electron chi connectivity index (χ4n) is 11.5. The highest BCUT2D eigenvalue weighted by Crippen LogP contribution is 2.71. The Hall–Kier alpha value is -0.610. The molecule has 0 amide bonds. The van der Waals surface area contributed by atoms with E-state index < -0.39 is 0 Å². The zero-order chi connectivity index (χ0) is 27.4. The van der Waals surface area contributed by atoms with Gasteiger partial charge in [0.1, 0.15) is 6.10 Å². The van der Waals surface area contributed by atoms with Crippen LogP contribution in [0.25, 0.3) is 0 Å². The molecule has 6 rings (SSSR count). The highest BCUT2D eigenvalue weighted by atomic mass is 16.7. The van der Waals surface area contributed by atoms with Crippen molar-refractivity contribution in [1.82, 2.24) is 0 Å². The summed E-state index contributed by atoms with van der Waals surface area (Å²) < 4.78 is 19.6. The molecule has 4 nitrogen and oxygen atoms in total. The molecule has 0 aromatic rings. The molecule has 2 saturated heterocycles. The monoisotopic (exact) mass is 542 g/mol. The zero-order valence-corrected chi connectivity index (χ0v) is 25.8. The normalized spacial score (nSPS) is 50.6. The van der Waals surface area contributed by atoms with E-state index in [1.807, 2.05) is 0 Å². The molecular formula is C35H58O4. The minimum Gasteiger partial charge on any atom is -0.462 e. The molecule has 2 heterocycles. The standard InChI is InChI=1S/C35H58O4/c1-6-7-8-9-10-11-31(36)38-26-15-17-33(4)25(20-26)12-13-27-28(33)16-18-34(5)29(27)21-30-32(34)24(3)35(39-30)19-14-23(2)22-37-35/h23-30,32H,6-22H2,1-5H3/t23-,24+,25+,26-,27-,28-,29+,30+,32+,33+,34+,35-/m1/s1. The van der Waals surface area contributed by atoms with E-state index in [2.05, 4.69) is 34.6 Å². The second-order valence-electron chi connectivity index (χ2n) is 15.7. The number of ether oxygens (including phenoxy) is 3. The van der Waals surface area contributed by atoms with E-state index in [0.29, 0.717) is 41.1 Å². The van der Waals surface area contributed by atoms with Gasteiger partial charge in [0.05, 0.1) is 12.7 Å². The summed E-state index contributed by atoms with van der Waals surface area (Å²) in [6, 6.07) is 0. The van der Waals surface area contributed by atoms with Crippen LogP contribution in [0.4, 0.5) is 0 Å². The summed E-state index contributed by atoms with van der Waals surface area (Å²) >= 11 is 0. The largest absolute Gasteiger partial charge is 0.462 e. The van der Waals surface area contributed by atoms with Crippen LogP contribution in [-0.2, 0) is 19.0 Å². The van der Waals surface area contributed by atoms with E-state index >= 15 is 0 Å². The molecule has 222 valence electrons. The van der Waals surface area contributed by atoms with Gasteiger partial charge in [0.25, 0.3) is 0 Å². The maximum atomic E-state index is 12.6. The van der Waals surface area contributed by atoms with Crippen molar-refractivity contribution >= 4 is 5.97 Å². The lowest BCUT2D eigenvalue weighted by Gasteiger charge is -2.61. The second-order valence-corrected chi connectivity index (χ2v) is 15.7. The van der Waals surface area contributed by atoms with Crippen LogP contribution in [0.3, 0.4) is 0 Å². The highest BCUT2D eigenvalue weighted by Gasteiger charge is 2.69. The van der Waals surface area contributed by atoms with Gasteiger partial charge in [0.2, 0.25) is 0 Å². The molecule has 12 atom stereocenters. The van der Waals surface area contributed by atoms with Crippen LogP contribution in [0.15, 0.2) is 0 Å². The third-order valence-electron chi connectivity index (χ3n) is 13.7. The third kappa shape index (κ3) is 4.84. The summed E-state index contributed by atoms with van der Waals surface area (Å²) in [5.41, 5.74) is 0.815. The molecular weight excluding hydrogens is 484 g/mol. The Bertz CT molecular complexity index is 878. The molecule has 0 bridgehead atoms. The number of carbonyl (C=O) groups excluding carboxylic acids is 1. The van der Waals surface area contributed by atoms with E-state index in [4.69, 9.17) is 14.2 Å². The molecule has 6 aliphatic rings. The topological polar surface area (TPSA) is 44.8 Å². The van der Waals surface area contributed by atoms with Crippen LogP contribution < -0.4 is 0 Å². The average molecular weight is 543 g/mol. The van der Waals surface area contributed by atoms with Gasteiger partial charge in [-0.05, 0) is 111 Å². The Morgan fingerprint density at radius 2 is 1.67 bits per heavy atom. The Labute approximate surface area is 239 Å². The summed E-state index contributed by atoms with van der Waals surface area (Å²) in [6.07, 6.45) is 19.5. The molecule has 4 saturated carbocycles. The SMILES string of the molecule is CCCCCCCC(=O)O[C@@H]1CC[C@@]2(C)[C@@H](CC[C@@H]3[C@H]2CC[C@]2(C)[C@@H]4[C@H](C[C@@H]32)O[C@]2(CC[C@@H](C)CO2)[C@H]4C)C1. The van der Waals surface area contributed by atoms with Gasteiger partial charge < -0.3 is 14.2 Å². The summed E-state index contributed by atoms with van der Waals surface area (Å²) in [7, 11) is 0. The average Bonchev–Trinajstić information content (AvgIpc) is 3.36. The Kier molecular flexibility index (Phi) is 7.97. The van der Waals surface area contributed by atoms with Gasteiger partial charge in [0, 0.05) is 18.8 Å². The lowest BCUT2D eigenvalue weighted by molar-refractivity contribution is -0.273. The van der Waals surface area contributed by atoms with Crippen molar-refractivity contribution < 1.29 is 19.0 Å². The predicted octanol–water partition coefficient (Wildman–Crippen LogP) is 8.71. The van der Waals surface area contributed by atoms with Crippen LogP contribution in [0.1, 0.15) is 137 Å². The minimum absolute atomic E-state index is 0.0583. The molecule has 0 aromatic heterocycles. The molecule has 2 aliphatic heterocycles. The lowest BCUT2D eigenvalue weighted by Crippen LogP contribution is -2.55. The first-order valence-electron chi connectivity index (χ1n) is 17.2. The van der Waals surface area contributed by atoms with E-state index in [1.165, 1.54) is 64.2 Å². The zero-order valence-electron chi connectivity index (χ0n) is 25.8. The minimum atomic E-state index is -0.304. The molecule has 1 spiro atoms. The van der Waals surface area contributed by atoms with Crippen LogP contribution in [-0.4, -0.2) is 30.6 Å². The molecule has 0 N–H and O–H groups in total. The van der Waals surface area contributed by atoms with Gasteiger partial charge in [-0.15, -0.1) is 0 Å². The van der Waals surface area contributed by atoms with Gasteiger partial charge in [-0.25, -0.2) is 0 Å². The van der Waals surface area contributed by atoms with Gasteiger partial charge >= 0.3 is 5.97 Å². The lowest BCUT2D eigenvalue weighted by atomic mass is 9.44. The van der Waals surface area contributed by atoms with E-state index in [1.54, 1.807) is 0 Å². The van der Waals surface area contributed by atoms with Gasteiger partial charge in [-0.1, -0.05) is 60.3 Å². The smallest absolute Gasteiger partial charge is 0.306 e. The van der Waals surface area contributed by atoms with Crippen LogP contribution in [0.5, 0.6) is 0 Å². The number of esters is 1. The van der Waals surface area contributed by atoms with Crippen molar-refractivity contribution in [3.05, 3.63) is 0 Å². The summed E-state index contributed by atoms with van der Waals surface area (Å²) in [4.78, 5) is 12.6. The molecule has 0 unspecified atom stereocenters. The van der Waals surface area contributed by atoms with Crippen molar-refractivity contribution in [3.8, 4) is 0 Å². The highest BCUT2D eigenvalue weighted by molar-refractivity contribution is 5.69. The van der Waals surface area contributed by atoms with Crippen molar-refractivity contribution in [1.29, 1.82) is 0 Å². The first-order chi connectivity index (χ1) is 18.7. The Morgan fingerprint density at radius 3 is 2.44 bits per heavy atom. The first kappa shape index (κ1) is 28.5. The second kappa shape index (κ2) is 10.9. The molecule has 6 fully saturated rings. The van der Waals surface area contributed by atoms with Crippen molar-refractivity contribution in [2.75, 3.05) is 6.61 Å². The number of hydrogen-bond donors (Lipinski definition) is 0. The summed E-state index contributed by atoms with van der Waals surface area (Å²) in [5, 5.41) is 0. The molecule has 39 heavy (non-hydrogen) atoms. The fourth-order valence-corrected chi connectivity index (χ4v) is 11.5. The first-order valence-corrected chi connectivity index (χ1v) is 17.2. The maximum Gasteiger partial charge on any atom is 0.306 e. The van der Waals surface area contributed by atoms with E-state index in [-0.39, 0.29) is 17.9 Å². The number of fused-ring (bicyclic) bond motifs is 7. The summed E-state index contributed by atoms with van der Waals surface area (Å²) in [6.45, 7) is 13.2. The Balaban J connectivity index is 1.07. The van der Waals surface area contributed by atoms with E-state index in [0.717, 1.165) is 62.4 Å². The van der Waals surface area contributed by atoms with Crippen molar-refractivity contribution in [2.24, 2.45) is 52.3 Å². The fraction of sp³-hybridized carbons (Fsp3) is 0.971. The maximum absolute atomic E-state index is 12.6. The predicted molar refractivity (Wildman–Crippen MR) is 155 cm³/mol.